The molecule has 0 saturated carbocycles. The van der Waals surface area contributed by atoms with Gasteiger partial charge in [0, 0.05) is 24.4 Å². The summed E-state index contributed by atoms with van der Waals surface area (Å²) in [5, 5.41) is 11.3. The van der Waals surface area contributed by atoms with Gasteiger partial charge in [0.2, 0.25) is 0 Å². The number of carbonyl (C=O) groups excluding carboxylic acids is 1. The Morgan fingerprint density at radius 2 is 2.10 bits per heavy atom. The van der Waals surface area contributed by atoms with Crippen molar-refractivity contribution in [3.05, 3.63) is 50.8 Å². The molecular weight excluding hydrogens is 282 g/mol. The first-order valence-corrected chi connectivity index (χ1v) is 5.80. The molecule has 0 unspecified atom stereocenters. The highest BCUT2D eigenvalue weighted by Gasteiger charge is 2.22. The Morgan fingerprint density at radius 3 is 2.67 bits per heavy atom. The molecule has 10 nitrogen and oxygen atoms in total. The Morgan fingerprint density at radius 1 is 1.33 bits per heavy atom. The quantitative estimate of drug-likeness (QED) is 0.437. The van der Waals surface area contributed by atoms with Crippen LogP contribution in [0.15, 0.2) is 28.2 Å². The number of nitrogens with zero attached hydrogens (tertiary/aromatic N) is 1. The van der Waals surface area contributed by atoms with E-state index in [-0.39, 0.29) is 12.1 Å². The SMILES string of the molecule is O=C(N[C@@H](Cc1cnc[nH]1)C(=O)O)c1cc(=O)[nH]c(=O)[nH]1. The lowest BCUT2D eigenvalue weighted by atomic mass is 10.1. The zero-order valence-corrected chi connectivity index (χ0v) is 10.5. The summed E-state index contributed by atoms with van der Waals surface area (Å²) in [6.07, 6.45) is 2.79. The predicted molar refractivity (Wildman–Crippen MR) is 68.9 cm³/mol. The summed E-state index contributed by atoms with van der Waals surface area (Å²) in [6, 6.07) is -0.369. The van der Waals surface area contributed by atoms with Gasteiger partial charge in [0.15, 0.2) is 0 Å². The molecule has 10 heteroatoms. The molecule has 0 bridgehead atoms. The van der Waals surface area contributed by atoms with E-state index < -0.39 is 29.2 Å². The van der Waals surface area contributed by atoms with Crippen LogP contribution >= 0.6 is 0 Å². The molecule has 2 rings (SSSR count). The number of carboxylic acid groups (broad SMARTS) is 1. The van der Waals surface area contributed by atoms with Gasteiger partial charge < -0.3 is 20.4 Å². The summed E-state index contributed by atoms with van der Waals surface area (Å²) in [7, 11) is 0. The van der Waals surface area contributed by atoms with Gasteiger partial charge in [-0.05, 0) is 0 Å². The number of amides is 1. The lowest BCUT2D eigenvalue weighted by Gasteiger charge is -2.13. The van der Waals surface area contributed by atoms with E-state index in [0.29, 0.717) is 5.69 Å². The fraction of sp³-hybridized carbons (Fsp3) is 0.182. The molecule has 2 aromatic heterocycles. The molecule has 0 radical (unpaired) electrons. The third-order valence-corrected chi connectivity index (χ3v) is 2.59. The minimum absolute atomic E-state index is 0.0193. The highest BCUT2D eigenvalue weighted by Crippen LogP contribution is 2.00. The molecule has 5 N–H and O–H groups in total. The molecule has 0 aromatic carbocycles. The fourth-order valence-corrected chi connectivity index (χ4v) is 1.64. The van der Waals surface area contributed by atoms with Gasteiger partial charge in [-0.15, -0.1) is 0 Å². The van der Waals surface area contributed by atoms with Crippen LogP contribution in [0.1, 0.15) is 16.2 Å². The lowest BCUT2D eigenvalue weighted by molar-refractivity contribution is -0.139. The maximum atomic E-state index is 11.9. The number of carboxylic acids is 1. The van der Waals surface area contributed by atoms with Crippen LogP contribution in [-0.2, 0) is 11.2 Å². The van der Waals surface area contributed by atoms with Gasteiger partial charge in [-0.1, -0.05) is 0 Å². The van der Waals surface area contributed by atoms with Crippen LogP contribution in [0.2, 0.25) is 0 Å². The molecule has 0 spiro atoms. The summed E-state index contributed by atoms with van der Waals surface area (Å²) in [4.78, 5) is 55.7. The second kappa shape index (κ2) is 5.86. The number of hydrogen-bond acceptors (Lipinski definition) is 5. The number of aromatic nitrogens is 4. The smallest absolute Gasteiger partial charge is 0.326 e. The second-order valence-corrected chi connectivity index (χ2v) is 4.15. The summed E-state index contributed by atoms with van der Waals surface area (Å²) < 4.78 is 0. The zero-order chi connectivity index (χ0) is 15.4. The van der Waals surface area contributed by atoms with Crippen molar-refractivity contribution in [1.82, 2.24) is 25.3 Å². The van der Waals surface area contributed by atoms with Gasteiger partial charge >= 0.3 is 11.7 Å². The average Bonchev–Trinajstić information content (AvgIpc) is 2.89. The van der Waals surface area contributed by atoms with Crippen molar-refractivity contribution >= 4 is 11.9 Å². The van der Waals surface area contributed by atoms with E-state index in [1.807, 2.05) is 4.98 Å². The van der Waals surface area contributed by atoms with Gasteiger partial charge in [-0.25, -0.2) is 14.6 Å². The first-order valence-electron chi connectivity index (χ1n) is 5.80. The van der Waals surface area contributed by atoms with E-state index in [9.17, 15) is 19.2 Å². The molecule has 1 amide bonds. The van der Waals surface area contributed by atoms with Gasteiger partial charge in [-0.2, -0.15) is 0 Å². The summed E-state index contributed by atoms with van der Waals surface area (Å²) in [5.41, 5.74) is -1.42. The highest BCUT2D eigenvalue weighted by molar-refractivity contribution is 5.94. The van der Waals surface area contributed by atoms with Crippen molar-refractivity contribution < 1.29 is 14.7 Å². The summed E-state index contributed by atoms with van der Waals surface area (Å²) in [5.74, 6) is -2.13. The number of H-pyrrole nitrogens is 3. The van der Waals surface area contributed by atoms with E-state index in [2.05, 4.69) is 20.3 Å². The predicted octanol–water partition coefficient (Wildman–Crippen LogP) is -1.79. The van der Waals surface area contributed by atoms with Crippen LogP contribution in [0.3, 0.4) is 0 Å². The van der Waals surface area contributed by atoms with Gasteiger partial charge in [0.05, 0.1) is 6.33 Å². The molecule has 0 aliphatic heterocycles. The molecule has 0 saturated heterocycles. The van der Waals surface area contributed by atoms with Crippen LogP contribution < -0.4 is 16.6 Å². The molecular formula is C11H11N5O5. The van der Waals surface area contributed by atoms with Crippen LogP contribution in [0.4, 0.5) is 0 Å². The Labute approximate surface area is 116 Å². The van der Waals surface area contributed by atoms with Crippen molar-refractivity contribution in [2.45, 2.75) is 12.5 Å². The van der Waals surface area contributed by atoms with Crippen molar-refractivity contribution in [3.63, 3.8) is 0 Å². The fourth-order valence-electron chi connectivity index (χ4n) is 1.64. The minimum Gasteiger partial charge on any atom is -0.480 e. The van der Waals surface area contributed by atoms with Crippen molar-refractivity contribution in [2.24, 2.45) is 0 Å². The van der Waals surface area contributed by atoms with Gasteiger partial charge in [-0.3, -0.25) is 14.6 Å². The number of aromatic amines is 3. The van der Waals surface area contributed by atoms with E-state index >= 15 is 0 Å². The van der Waals surface area contributed by atoms with Crippen molar-refractivity contribution in [2.75, 3.05) is 0 Å². The van der Waals surface area contributed by atoms with E-state index in [4.69, 9.17) is 5.11 Å². The number of carbonyl (C=O) groups is 2. The summed E-state index contributed by atoms with van der Waals surface area (Å²) in [6.45, 7) is 0. The van der Waals surface area contributed by atoms with Crippen molar-refractivity contribution in [3.8, 4) is 0 Å². The molecule has 21 heavy (non-hydrogen) atoms. The Balaban J connectivity index is 2.16. The third-order valence-electron chi connectivity index (χ3n) is 2.59. The molecule has 2 heterocycles. The van der Waals surface area contributed by atoms with E-state index in [0.717, 1.165) is 6.07 Å². The topological polar surface area (TPSA) is 161 Å². The molecule has 2 aromatic rings. The largest absolute Gasteiger partial charge is 0.480 e. The maximum Gasteiger partial charge on any atom is 0.326 e. The zero-order valence-electron chi connectivity index (χ0n) is 10.5. The Hall–Kier alpha value is -3.17. The first-order chi connectivity index (χ1) is 9.95. The number of hydrogen-bond donors (Lipinski definition) is 5. The monoisotopic (exact) mass is 293 g/mol. The normalized spacial score (nSPS) is 11.8. The first kappa shape index (κ1) is 14.2. The van der Waals surface area contributed by atoms with Gasteiger partial charge in [0.25, 0.3) is 11.5 Å². The molecule has 0 aliphatic rings. The average molecular weight is 293 g/mol. The lowest BCUT2D eigenvalue weighted by Crippen LogP contribution is -2.43. The maximum absolute atomic E-state index is 11.9. The van der Waals surface area contributed by atoms with E-state index in [1.54, 1.807) is 0 Å². The van der Waals surface area contributed by atoms with Gasteiger partial charge in [0.1, 0.15) is 11.7 Å². The molecule has 0 fully saturated rings. The number of imidazole rings is 1. The minimum atomic E-state index is -1.26. The highest BCUT2D eigenvalue weighted by atomic mass is 16.4. The van der Waals surface area contributed by atoms with Crippen LogP contribution in [-0.4, -0.2) is 43.0 Å². The number of aliphatic carboxylic acids is 1. The molecule has 110 valence electrons. The van der Waals surface area contributed by atoms with Crippen LogP contribution in [0.5, 0.6) is 0 Å². The Kier molecular flexibility index (Phi) is 3.97. The number of rotatable bonds is 5. The summed E-state index contributed by atoms with van der Waals surface area (Å²) >= 11 is 0. The molecule has 0 aliphatic carbocycles. The Bertz CT molecular complexity index is 732. The second-order valence-electron chi connectivity index (χ2n) is 4.15. The third kappa shape index (κ3) is 3.65. The molecule has 1 atom stereocenters. The number of nitrogens with one attached hydrogen (secondary N) is 4. The van der Waals surface area contributed by atoms with Crippen LogP contribution in [0, 0.1) is 0 Å². The van der Waals surface area contributed by atoms with Crippen LogP contribution in [0.25, 0.3) is 0 Å². The van der Waals surface area contributed by atoms with E-state index in [1.165, 1.54) is 12.5 Å². The standard InChI is InChI=1S/C11H11N5O5/c17-8-2-6(15-11(21)16-8)9(18)14-7(10(19)20)1-5-3-12-4-13-5/h2-4,7H,1H2,(H,12,13)(H,14,18)(H,19,20)(H2,15,16,17,21)/t7-/m0/s1. The van der Waals surface area contributed by atoms with Crippen molar-refractivity contribution in [1.29, 1.82) is 0 Å².